The summed E-state index contributed by atoms with van der Waals surface area (Å²) in [6, 6.07) is 0. The minimum atomic E-state index is 0.817. The molecule has 1 fully saturated rings. The van der Waals surface area contributed by atoms with Gasteiger partial charge in [-0.3, -0.25) is 4.99 Å². The number of nitrogens with zero attached hydrogens (tertiary/aromatic N) is 1. The van der Waals surface area contributed by atoms with E-state index in [1.54, 1.807) is 0 Å². The van der Waals surface area contributed by atoms with Crippen LogP contribution in [0.3, 0.4) is 0 Å². The van der Waals surface area contributed by atoms with E-state index in [2.05, 4.69) is 11.9 Å². The van der Waals surface area contributed by atoms with Crippen LogP contribution in [0.25, 0.3) is 0 Å². The van der Waals surface area contributed by atoms with Crippen LogP contribution in [-0.2, 0) is 4.74 Å². The molecule has 0 spiro atoms. The van der Waals surface area contributed by atoms with Gasteiger partial charge in [0.15, 0.2) is 5.90 Å². The van der Waals surface area contributed by atoms with Crippen LogP contribution in [0.2, 0.25) is 0 Å². The van der Waals surface area contributed by atoms with Gasteiger partial charge in [-0.15, -0.1) is 0 Å². The molecular formula is C13H23NO. The van der Waals surface area contributed by atoms with Gasteiger partial charge in [-0.05, 0) is 18.3 Å². The molecule has 0 saturated heterocycles. The zero-order valence-electron chi connectivity index (χ0n) is 9.87. The summed E-state index contributed by atoms with van der Waals surface area (Å²) in [7, 11) is 0. The number of hydrogen-bond acceptors (Lipinski definition) is 2. The van der Waals surface area contributed by atoms with E-state index in [9.17, 15) is 0 Å². The lowest BCUT2D eigenvalue weighted by Gasteiger charge is -2.30. The summed E-state index contributed by atoms with van der Waals surface area (Å²) in [6.07, 6.45) is 9.53. The van der Waals surface area contributed by atoms with Crippen molar-refractivity contribution < 1.29 is 4.74 Å². The lowest BCUT2D eigenvalue weighted by Crippen LogP contribution is -2.19. The third-order valence-electron chi connectivity index (χ3n) is 3.97. The predicted octanol–water partition coefficient (Wildman–Crippen LogP) is 3.41. The van der Waals surface area contributed by atoms with Crippen molar-refractivity contribution in [2.45, 2.75) is 51.9 Å². The van der Waals surface area contributed by atoms with E-state index in [0.29, 0.717) is 0 Å². The van der Waals surface area contributed by atoms with Crippen LogP contribution in [0.15, 0.2) is 4.99 Å². The summed E-state index contributed by atoms with van der Waals surface area (Å²) in [4.78, 5) is 4.37. The molecule has 0 bridgehead atoms. The molecule has 0 N–H and O–H groups in total. The van der Waals surface area contributed by atoms with E-state index < -0.39 is 0 Å². The van der Waals surface area contributed by atoms with E-state index in [1.165, 1.54) is 38.5 Å². The molecule has 1 aliphatic heterocycles. The average Bonchev–Trinajstić information content (AvgIpc) is 2.79. The van der Waals surface area contributed by atoms with Crippen LogP contribution in [0.5, 0.6) is 0 Å². The van der Waals surface area contributed by atoms with Crippen molar-refractivity contribution in [1.82, 2.24) is 0 Å². The molecule has 0 amide bonds. The molecule has 2 rings (SSSR count). The Labute approximate surface area is 93.1 Å². The molecule has 1 heterocycles. The number of hydrogen-bond donors (Lipinski definition) is 0. The van der Waals surface area contributed by atoms with Crippen LogP contribution in [0, 0.1) is 11.8 Å². The maximum atomic E-state index is 5.46. The van der Waals surface area contributed by atoms with Crippen molar-refractivity contribution in [3.8, 4) is 0 Å². The quantitative estimate of drug-likeness (QED) is 0.695. The van der Waals surface area contributed by atoms with Gasteiger partial charge in [0, 0.05) is 6.42 Å². The second kappa shape index (κ2) is 5.53. The van der Waals surface area contributed by atoms with Crippen LogP contribution < -0.4 is 0 Å². The van der Waals surface area contributed by atoms with Gasteiger partial charge in [-0.1, -0.05) is 39.0 Å². The number of aliphatic imine (C=N–C) groups is 1. The minimum absolute atomic E-state index is 0.817. The smallest absolute Gasteiger partial charge is 0.183 e. The highest BCUT2D eigenvalue weighted by atomic mass is 16.5. The van der Waals surface area contributed by atoms with E-state index in [4.69, 9.17) is 4.74 Å². The molecular weight excluding hydrogens is 186 g/mol. The van der Waals surface area contributed by atoms with Crippen molar-refractivity contribution in [3.63, 3.8) is 0 Å². The molecule has 1 aliphatic carbocycles. The largest absolute Gasteiger partial charge is 0.479 e. The summed E-state index contributed by atoms with van der Waals surface area (Å²) in [5.41, 5.74) is 0. The first-order valence-corrected chi connectivity index (χ1v) is 6.56. The Morgan fingerprint density at radius 3 is 2.73 bits per heavy atom. The summed E-state index contributed by atoms with van der Waals surface area (Å²) in [5, 5.41) is 0. The predicted molar refractivity (Wildman–Crippen MR) is 63.2 cm³/mol. The topological polar surface area (TPSA) is 21.6 Å². The van der Waals surface area contributed by atoms with E-state index >= 15 is 0 Å². The Morgan fingerprint density at radius 2 is 2.07 bits per heavy atom. The summed E-state index contributed by atoms with van der Waals surface area (Å²) >= 11 is 0. The SMILES string of the molecule is CCC1CCCCC1CCC1=NCCO1. The lowest BCUT2D eigenvalue weighted by atomic mass is 9.76. The second-order valence-corrected chi connectivity index (χ2v) is 4.88. The van der Waals surface area contributed by atoms with Crippen molar-refractivity contribution in [1.29, 1.82) is 0 Å². The van der Waals surface area contributed by atoms with Crippen LogP contribution >= 0.6 is 0 Å². The maximum absolute atomic E-state index is 5.46. The first kappa shape index (κ1) is 11.0. The van der Waals surface area contributed by atoms with Gasteiger partial charge >= 0.3 is 0 Å². The fourth-order valence-electron chi connectivity index (χ4n) is 3.04. The van der Waals surface area contributed by atoms with Crippen LogP contribution in [-0.4, -0.2) is 19.0 Å². The van der Waals surface area contributed by atoms with Gasteiger partial charge in [0.2, 0.25) is 0 Å². The first-order valence-electron chi connectivity index (χ1n) is 6.56. The van der Waals surface area contributed by atoms with Gasteiger partial charge in [-0.25, -0.2) is 0 Å². The van der Waals surface area contributed by atoms with Gasteiger partial charge in [0.25, 0.3) is 0 Å². The molecule has 2 heteroatoms. The molecule has 2 unspecified atom stereocenters. The lowest BCUT2D eigenvalue weighted by molar-refractivity contribution is 0.216. The van der Waals surface area contributed by atoms with E-state index in [1.807, 2.05) is 0 Å². The number of ether oxygens (including phenoxy) is 1. The molecule has 86 valence electrons. The van der Waals surface area contributed by atoms with Gasteiger partial charge < -0.3 is 4.74 Å². The van der Waals surface area contributed by atoms with Gasteiger partial charge in [0.1, 0.15) is 6.61 Å². The zero-order valence-corrected chi connectivity index (χ0v) is 9.87. The molecule has 2 atom stereocenters. The fraction of sp³-hybridized carbons (Fsp3) is 0.923. The standard InChI is InChI=1S/C13H23NO/c1-2-11-5-3-4-6-12(11)7-8-13-14-9-10-15-13/h11-12H,2-10H2,1H3. The molecule has 1 saturated carbocycles. The monoisotopic (exact) mass is 209 g/mol. The average molecular weight is 209 g/mol. The molecule has 15 heavy (non-hydrogen) atoms. The zero-order chi connectivity index (χ0) is 10.5. The minimum Gasteiger partial charge on any atom is -0.479 e. The first-order chi connectivity index (χ1) is 7.40. The summed E-state index contributed by atoms with van der Waals surface area (Å²) < 4.78 is 5.46. The van der Waals surface area contributed by atoms with Crippen molar-refractivity contribution in [2.75, 3.05) is 13.2 Å². The Bertz CT molecular complexity index is 225. The highest BCUT2D eigenvalue weighted by Gasteiger charge is 2.24. The van der Waals surface area contributed by atoms with E-state index in [0.717, 1.165) is 37.3 Å². The molecule has 0 aromatic carbocycles. The fourth-order valence-corrected chi connectivity index (χ4v) is 3.04. The van der Waals surface area contributed by atoms with Crippen molar-refractivity contribution in [3.05, 3.63) is 0 Å². The molecule has 0 aromatic heterocycles. The molecule has 0 radical (unpaired) electrons. The highest BCUT2D eigenvalue weighted by molar-refractivity contribution is 5.77. The number of rotatable bonds is 4. The van der Waals surface area contributed by atoms with Gasteiger partial charge in [-0.2, -0.15) is 0 Å². The Kier molecular flexibility index (Phi) is 4.04. The van der Waals surface area contributed by atoms with E-state index in [-0.39, 0.29) is 0 Å². The van der Waals surface area contributed by atoms with Gasteiger partial charge in [0.05, 0.1) is 6.54 Å². The third kappa shape index (κ3) is 2.96. The molecule has 2 nitrogen and oxygen atoms in total. The summed E-state index contributed by atoms with van der Waals surface area (Å²) in [5.74, 6) is 2.94. The van der Waals surface area contributed by atoms with Crippen molar-refractivity contribution >= 4 is 5.90 Å². The normalized spacial score (nSPS) is 31.1. The Hall–Kier alpha value is -0.530. The highest BCUT2D eigenvalue weighted by Crippen LogP contribution is 2.35. The molecule has 0 aromatic rings. The van der Waals surface area contributed by atoms with Crippen LogP contribution in [0.1, 0.15) is 51.9 Å². The van der Waals surface area contributed by atoms with Crippen molar-refractivity contribution in [2.24, 2.45) is 16.8 Å². The van der Waals surface area contributed by atoms with Crippen LogP contribution in [0.4, 0.5) is 0 Å². The summed E-state index contributed by atoms with van der Waals surface area (Å²) in [6.45, 7) is 4.04. The Morgan fingerprint density at radius 1 is 1.27 bits per heavy atom. The second-order valence-electron chi connectivity index (χ2n) is 4.88. The third-order valence-corrected chi connectivity index (χ3v) is 3.97. The molecule has 2 aliphatic rings. The Balaban J connectivity index is 1.76. The maximum Gasteiger partial charge on any atom is 0.183 e.